The van der Waals surface area contributed by atoms with E-state index in [1.807, 2.05) is 6.07 Å². The normalized spacial score (nSPS) is 9.81. The summed E-state index contributed by atoms with van der Waals surface area (Å²) in [7, 11) is 0. The molecule has 2 rings (SSSR count). The molecule has 0 fully saturated rings. The Balaban J connectivity index is 2.11. The van der Waals surface area contributed by atoms with Crippen LogP contribution in [0.5, 0.6) is 0 Å². The molecule has 0 aliphatic rings. The third kappa shape index (κ3) is 2.45. The van der Waals surface area contributed by atoms with Gasteiger partial charge in [0.1, 0.15) is 5.82 Å². The molecule has 0 saturated heterocycles. The number of carbonyl (C=O) groups is 1. The molecule has 0 bridgehead atoms. The van der Waals surface area contributed by atoms with E-state index >= 15 is 0 Å². The fraction of sp³-hybridized carbons (Fsp3) is 0. The second-order valence-corrected chi connectivity index (χ2v) is 3.33. The van der Waals surface area contributed by atoms with E-state index in [-0.39, 0.29) is 11.7 Å². The molecule has 2 nitrogen and oxygen atoms in total. The van der Waals surface area contributed by atoms with Crippen molar-refractivity contribution in [3.63, 3.8) is 0 Å². The van der Waals surface area contributed by atoms with Crippen LogP contribution in [-0.2, 0) is 0 Å². The van der Waals surface area contributed by atoms with Crippen LogP contribution in [0.15, 0.2) is 54.6 Å². The maximum atomic E-state index is 12.6. The Morgan fingerprint density at radius 1 is 0.938 bits per heavy atom. The molecular weight excluding hydrogens is 204 g/mol. The predicted molar refractivity (Wildman–Crippen MR) is 60.8 cm³/mol. The number of halogens is 1. The Morgan fingerprint density at radius 2 is 1.56 bits per heavy atom. The lowest BCUT2D eigenvalue weighted by atomic mass is 10.2. The van der Waals surface area contributed by atoms with Gasteiger partial charge in [-0.05, 0) is 36.4 Å². The van der Waals surface area contributed by atoms with Crippen LogP contribution in [0, 0.1) is 5.82 Å². The van der Waals surface area contributed by atoms with Crippen molar-refractivity contribution >= 4 is 11.6 Å². The minimum absolute atomic E-state index is 0.202. The van der Waals surface area contributed by atoms with Gasteiger partial charge in [-0.15, -0.1) is 0 Å². The van der Waals surface area contributed by atoms with E-state index in [1.165, 1.54) is 24.3 Å². The summed E-state index contributed by atoms with van der Waals surface area (Å²) in [4.78, 5) is 11.7. The molecule has 0 radical (unpaired) electrons. The van der Waals surface area contributed by atoms with Crippen LogP contribution in [-0.4, -0.2) is 5.91 Å². The van der Waals surface area contributed by atoms with Gasteiger partial charge in [0, 0.05) is 11.3 Å². The first-order valence-electron chi connectivity index (χ1n) is 4.88. The van der Waals surface area contributed by atoms with E-state index in [1.54, 1.807) is 24.3 Å². The Labute approximate surface area is 92.7 Å². The summed E-state index contributed by atoms with van der Waals surface area (Å²) in [6, 6.07) is 14.5. The molecule has 80 valence electrons. The smallest absolute Gasteiger partial charge is 0.255 e. The summed E-state index contributed by atoms with van der Waals surface area (Å²) in [5, 5.41) is 2.68. The summed E-state index contributed by atoms with van der Waals surface area (Å²) in [5.41, 5.74) is 1.15. The molecule has 0 saturated carbocycles. The van der Waals surface area contributed by atoms with Crippen LogP contribution in [0.3, 0.4) is 0 Å². The highest BCUT2D eigenvalue weighted by Crippen LogP contribution is 2.10. The number of anilines is 1. The molecule has 3 heteroatoms. The lowest BCUT2D eigenvalue weighted by Crippen LogP contribution is -2.11. The molecule has 1 amide bonds. The average molecular weight is 214 g/mol. The van der Waals surface area contributed by atoms with Crippen molar-refractivity contribution in [2.24, 2.45) is 0 Å². The molecule has 2 aromatic carbocycles. The van der Waals surface area contributed by atoms with Gasteiger partial charge >= 0.3 is 0 Å². The minimum Gasteiger partial charge on any atom is -0.322 e. The zero-order chi connectivity index (χ0) is 11.4. The summed E-state index contributed by atoms with van der Waals surface area (Å²) >= 11 is 0. The van der Waals surface area contributed by atoms with Crippen molar-refractivity contribution in [2.45, 2.75) is 0 Å². The molecule has 1 N–H and O–H groups in total. The van der Waals surface area contributed by atoms with Gasteiger partial charge in [0.15, 0.2) is 0 Å². The highest BCUT2D eigenvalue weighted by Gasteiger charge is 2.04. The maximum absolute atomic E-state index is 12.6. The summed E-state index contributed by atoms with van der Waals surface area (Å²) in [6.45, 7) is 0. The van der Waals surface area contributed by atoms with Crippen LogP contribution in [0.4, 0.5) is 10.1 Å². The lowest BCUT2D eigenvalue weighted by Gasteiger charge is -2.04. The zero-order valence-electron chi connectivity index (χ0n) is 8.48. The largest absolute Gasteiger partial charge is 0.322 e. The summed E-state index contributed by atoms with van der Waals surface area (Å²) in [5.74, 6) is -0.523. The topological polar surface area (TPSA) is 29.1 Å². The van der Waals surface area contributed by atoms with Crippen molar-refractivity contribution in [2.75, 3.05) is 5.32 Å². The fourth-order valence-corrected chi connectivity index (χ4v) is 1.33. The van der Waals surface area contributed by atoms with E-state index in [0.717, 1.165) is 0 Å². The first kappa shape index (κ1) is 10.4. The number of benzene rings is 2. The molecule has 0 aromatic heterocycles. The summed E-state index contributed by atoms with van der Waals surface area (Å²) < 4.78 is 12.6. The minimum atomic E-state index is -0.322. The van der Waals surface area contributed by atoms with Gasteiger partial charge < -0.3 is 5.32 Å². The third-order valence-electron chi connectivity index (χ3n) is 2.14. The van der Waals surface area contributed by atoms with Gasteiger partial charge in [-0.1, -0.05) is 18.2 Å². The molecule has 16 heavy (non-hydrogen) atoms. The van der Waals surface area contributed by atoms with Crippen LogP contribution in [0.25, 0.3) is 0 Å². The van der Waals surface area contributed by atoms with Crippen molar-refractivity contribution in [1.29, 1.82) is 0 Å². The zero-order valence-corrected chi connectivity index (χ0v) is 8.48. The first-order valence-corrected chi connectivity index (χ1v) is 4.88. The van der Waals surface area contributed by atoms with E-state index < -0.39 is 0 Å². The van der Waals surface area contributed by atoms with Crippen LogP contribution in [0.2, 0.25) is 0 Å². The lowest BCUT2D eigenvalue weighted by molar-refractivity contribution is 0.102. The van der Waals surface area contributed by atoms with Crippen molar-refractivity contribution in [3.8, 4) is 0 Å². The second-order valence-electron chi connectivity index (χ2n) is 3.33. The van der Waals surface area contributed by atoms with Crippen molar-refractivity contribution < 1.29 is 9.18 Å². The van der Waals surface area contributed by atoms with E-state index in [0.29, 0.717) is 11.3 Å². The SMILES string of the molecule is O=C(Nc1ccc([18F])cc1)c1ccccc1. The van der Waals surface area contributed by atoms with Gasteiger partial charge in [0.25, 0.3) is 5.91 Å². The van der Waals surface area contributed by atoms with Crippen LogP contribution < -0.4 is 5.32 Å². The van der Waals surface area contributed by atoms with Crippen molar-refractivity contribution in [3.05, 3.63) is 66.0 Å². The number of hydrogen-bond donors (Lipinski definition) is 1. The number of carbonyl (C=O) groups excluding carboxylic acids is 1. The van der Waals surface area contributed by atoms with Gasteiger partial charge in [0.05, 0.1) is 0 Å². The third-order valence-corrected chi connectivity index (χ3v) is 2.14. The van der Waals surface area contributed by atoms with E-state index in [9.17, 15) is 9.18 Å². The van der Waals surface area contributed by atoms with Crippen LogP contribution in [0.1, 0.15) is 10.4 Å². The fourth-order valence-electron chi connectivity index (χ4n) is 1.33. The molecule has 0 aliphatic heterocycles. The Hall–Kier alpha value is -2.16. The highest BCUT2D eigenvalue weighted by atomic mass is 18.2. The summed E-state index contributed by atoms with van der Waals surface area (Å²) in [6.07, 6.45) is 0. The second kappa shape index (κ2) is 4.57. The highest BCUT2D eigenvalue weighted by molar-refractivity contribution is 6.04. The number of hydrogen-bond acceptors (Lipinski definition) is 1. The Kier molecular flexibility index (Phi) is 2.96. The molecule has 0 atom stereocenters. The first-order chi connectivity index (χ1) is 7.75. The standard InChI is InChI=1S/C13H10FNO/c14-11-6-8-12(9-7-11)15-13(16)10-4-2-1-3-5-10/h1-9H,(H,15,16)/i14-1. The number of rotatable bonds is 2. The Morgan fingerprint density at radius 3 is 2.19 bits per heavy atom. The molecule has 0 aliphatic carbocycles. The van der Waals surface area contributed by atoms with Gasteiger partial charge in [0.2, 0.25) is 0 Å². The molecule has 0 spiro atoms. The predicted octanol–water partition coefficient (Wildman–Crippen LogP) is 3.08. The number of nitrogens with one attached hydrogen (secondary N) is 1. The average Bonchev–Trinajstić information content (AvgIpc) is 2.33. The van der Waals surface area contributed by atoms with E-state index in [4.69, 9.17) is 0 Å². The molecular formula is C13H10FNO. The van der Waals surface area contributed by atoms with Gasteiger partial charge in [-0.2, -0.15) is 0 Å². The molecule has 2 aromatic rings. The molecule has 0 heterocycles. The van der Waals surface area contributed by atoms with E-state index in [2.05, 4.69) is 5.32 Å². The van der Waals surface area contributed by atoms with Gasteiger partial charge in [-0.25, -0.2) is 4.39 Å². The van der Waals surface area contributed by atoms with Crippen molar-refractivity contribution in [1.82, 2.24) is 0 Å². The quantitative estimate of drug-likeness (QED) is 0.817. The van der Waals surface area contributed by atoms with Crippen LogP contribution >= 0.6 is 0 Å². The monoisotopic (exact) mass is 214 g/mol. The number of amides is 1. The molecule has 0 unspecified atom stereocenters. The van der Waals surface area contributed by atoms with Gasteiger partial charge in [-0.3, -0.25) is 4.79 Å². The Bertz CT molecular complexity index is 479. The maximum Gasteiger partial charge on any atom is 0.255 e.